The van der Waals surface area contributed by atoms with Crippen LogP contribution in [0.4, 0.5) is 0 Å². The summed E-state index contributed by atoms with van der Waals surface area (Å²) in [7, 11) is 0. The maximum atomic E-state index is 12.5. The van der Waals surface area contributed by atoms with Crippen molar-refractivity contribution in [2.45, 2.75) is 38.5 Å². The van der Waals surface area contributed by atoms with Gasteiger partial charge < -0.3 is 14.6 Å². The molecule has 1 saturated heterocycles. The summed E-state index contributed by atoms with van der Waals surface area (Å²) in [5, 5.41) is 2.90. The molecule has 2 heterocycles. The summed E-state index contributed by atoms with van der Waals surface area (Å²) in [5.41, 5.74) is 3.25. The molecular formula is C24H27N3O3. The van der Waals surface area contributed by atoms with Gasteiger partial charge in [0.15, 0.2) is 11.5 Å². The van der Waals surface area contributed by atoms with Gasteiger partial charge in [0.05, 0.1) is 0 Å². The first-order chi connectivity index (χ1) is 14.7. The molecule has 0 radical (unpaired) electrons. The van der Waals surface area contributed by atoms with E-state index in [-0.39, 0.29) is 11.8 Å². The van der Waals surface area contributed by atoms with E-state index in [0.717, 1.165) is 38.6 Å². The monoisotopic (exact) mass is 405 g/mol. The summed E-state index contributed by atoms with van der Waals surface area (Å²) in [4.78, 5) is 30.7. The van der Waals surface area contributed by atoms with Crippen LogP contribution in [0, 0.1) is 0 Å². The Labute approximate surface area is 176 Å². The van der Waals surface area contributed by atoms with Crippen LogP contribution in [-0.4, -0.2) is 41.3 Å². The highest BCUT2D eigenvalue weighted by atomic mass is 16.3. The lowest BCUT2D eigenvalue weighted by Crippen LogP contribution is -2.41. The lowest BCUT2D eigenvalue weighted by atomic mass is 10.1. The number of likely N-dealkylation sites (tertiary alicyclic amines) is 1. The van der Waals surface area contributed by atoms with Crippen molar-refractivity contribution in [2.75, 3.05) is 19.6 Å². The zero-order chi connectivity index (χ0) is 20.8. The summed E-state index contributed by atoms with van der Waals surface area (Å²) in [6.07, 6.45) is 5.31. The maximum Gasteiger partial charge on any atom is 0.251 e. The van der Waals surface area contributed by atoms with Crippen LogP contribution in [-0.2, 0) is 17.6 Å². The van der Waals surface area contributed by atoms with E-state index in [1.165, 1.54) is 5.56 Å². The highest BCUT2D eigenvalue weighted by Crippen LogP contribution is 2.19. The van der Waals surface area contributed by atoms with Crippen LogP contribution in [0.5, 0.6) is 0 Å². The second kappa shape index (κ2) is 9.57. The number of nitrogens with one attached hydrogen (secondary N) is 1. The molecule has 1 aliphatic heterocycles. The number of carbonyl (C=O) groups excluding carboxylic acids is 2. The molecule has 2 amide bonds. The second-order valence-corrected chi connectivity index (χ2v) is 7.72. The summed E-state index contributed by atoms with van der Waals surface area (Å²) in [5.74, 6) is 0.719. The number of aryl methyl sites for hydroxylation is 2. The molecule has 30 heavy (non-hydrogen) atoms. The Morgan fingerprint density at radius 3 is 2.80 bits per heavy atom. The predicted octanol–water partition coefficient (Wildman–Crippen LogP) is 3.75. The van der Waals surface area contributed by atoms with Gasteiger partial charge in [0.1, 0.15) is 5.52 Å². The van der Waals surface area contributed by atoms with Crippen LogP contribution in [0.1, 0.15) is 47.5 Å². The molecule has 2 aromatic carbocycles. The molecule has 1 N–H and O–H groups in total. The number of nitrogens with zero attached hydrogens (tertiary/aromatic N) is 2. The predicted molar refractivity (Wildman–Crippen MR) is 115 cm³/mol. The molecule has 1 aromatic heterocycles. The van der Waals surface area contributed by atoms with E-state index in [1.54, 1.807) is 18.2 Å². The molecule has 0 spiro atoms. The zero-order valence-corrected chi connectivity index (χ0v) is 17.1. The van der Waals surface area contributed by atoms with Gasteiger partial charge in [0.2, 0.25) is 5.91 Å². The molecule has 6 heteroatoms. The van der Waals surface area contributed by atoms with Crippen molar-refractivity contribution >= 4 is 22.9 Å². The molecule has 4 rings (SSSR count). The molecule has 1 aliphatic rings. The van der Waals surface area contributed by atoms with Crippen molar-refractivity contribution in [3.8, 4) is 0 Å². The average molecular weight is 405 g/mol. The molecule has 0 aliphatic carbocycles. The number of hydrogen-bond acceptors (Lipinski definition) is 4. The molecule has 0 atom stereocenters. The normalized spacial score (nSPS) is 14.3. The average Bonchev–Trinajstić information content (AvgIpc) is 3.17. The standard InChI is InChI=1S/C24H27N3O3/c28-23-11-4-5-15-27(23)16-14-25-24(29)19-12-13-21-20(17-19)26-22(30-21)10-6-9-18-7-2-1-3-8-18/h1-3,7-8,12-13,17H,4-6,9-11,14-16H2,(H,25,29). The molecule has 6 nitrogen and oxygen atoms in total. The fourth-order valence-corrected chi connectivity index (χ4v) is 3.82. The van der Waals surface area contributed by atoms with E-state index in [1.807, 2.05) is 23.1 Å². The summed E-state index contributed by atoms with van der Waals surface area (Å²) < 4.78 is 5.83. The van der Waals surface area contributed by atoms with Gasteiger partial charge in [-0.15, -0.1) is 0 Å². The number of piperidine rings is 1. The first-order valence-electron chi connectivity index (χ1n) is 10.7. The van der Waals surface area contributed by atoms with Gasteiger partial charge in [-0.2, -0.15) is 0 Å². The van der Waals surface area contributed by atoms with Crippen molar-refractivity contribution in [2.24, 2.45) is 0 Å². The molecule has 3 aromatic rings. The van der Waals surface area contributed by atoms with E-state index in [2.05, 4.69) is 22.4 Å². The quantitative estimate of drug-likeness (QED) is 0.619. The second-order valence-electron chi connectivity index (χ2n) is 7.72. The third-order valence-electron chi connectivity index (χ3n) is 5.48. The summed E-state index contributed by atoms with van der Waals surface area (Å²) >= 11 is 0. The molecule has 0 unspecified atom stereocenters. The number of rotatable bonds is 8. The number of aromatic nitrogens is 1. The van der Waals surface area contributed by atoms with Crippen LogP contribution in [0.3, 0.4) is 0 Å². The van der Waals surface area contributed by atoms with Gasteiger partial charge >= 0.3 is 0 Å². The topological polar surface area (TPSA) is 75.4 Å². The Bertz CT molecular complexity index is 1010. The number of amides is 2. The van der Waals surface area contributed by atoms with E-state index >= 15 is 0 Å². The minimum atomic E-state index is -0.157. The Balaban J connectivity index is 1.30. The summed E-state index contributed by atoms with van der Waals surface area (Å²) in [6.45, 7) is 1.79. The number of hydrogen-bond donors (Lipinski definition) is 1. The van der Waals surface area contributed by atoms with Crippen molar-refractivity contribution in [1.29, 1.82) is 0 Å². The lowest BCUT2D eigenvalue weighted by Gasteiger charge is -2.26. The molecule has 0 saturated carbocycles. The molecule has 0 bridgehead atoms. The number of fused-ring (bicyclic) bond motifs is 1. The minimum Gasteiger partial charge on any atom is -0.441 e. The third kappa shape index (κ3) is 5.06. The highest BCUT2D eigenvalue weighted by Gasteiger charge is 2.18. The third-order valence-corrected chi connectivity index (χ3v) is 5.48. The number of carbonyl (C=O) groups is 2. The van der Waals surface area contributed by atoms with E-state index in [4.69, 9.17) is 4.42 Å². The Morgan fingerprint density at radius 1 is 1.10 bits per heavy atom. The van der Waals surface area contributed by atoms with Crippen LogP contribution in [0.25, 0.3) is 11.1 Å². The van der Waals surface area contributed by atoms with E-state index in [9.17, 15) is 9.59 Å². The van der Waals surface area contributed by atoms with Crippen LogP contribution < -0.4 is 5.32 Å². The fraction of sp³-hybridized carbons (Fsp3) is 0.375. The van der Waals surface area contributed by atoms with Crippen molar-refractivity contribution in [1.82, 2.24) is 15.2 Å². The molecular weight excluding hydrogens is 378 g/mol. The molecule has 1 fully saturated rings. The van der Waals surface area contributed by atoms with Crippen molar-refractivity contribution in [3.05, 3.63) is 65.5 Å². The van der Waals surface area contributed by atoms with Crippen LogP contribution in [0.2, 0.25) is 0 Å². The first-order valence-corrected chi connectivity index (χ1v) is 10.7. The lowest BCUT2D eigenvalue weighted by molar-refractivity contribution is -0.133. The first kappa shape index (κ1) is 20.1. The van der Waals surface area contributed by atoms with Crippen molar-refractivity contribution in [3.63, 3.8) is 0 Å². The van der Waals surface area contributed by atoms with Gasteiger partial charge in [-0.3, -0.25) is 9.59 Å². The van der Waals surface area contributed by atoms with E-state index in [0.29, 0.717) is 42.1 Å². The Kier molecular flexibility index (Phi) is 6.42. The largest absolute Gasteiger partial charge is 0.441 e. The SMILES string of the molecule is O=C(NCCN1CCCCC1=O)c1ccc2oc(CCCc3ccccc3)nc2c1. The smallest absolute Gasteiger partial charge is 0.251 e. The van der Waals surface area contributed by atoms with Gasteiger partial charge in [-0.1, -0.05) is 30.3 Å². The Hall–Kier alpha value is -3.15. The number of benzene rings is 2. The van der Waals surface area contributed by atoms with Crippen LogP contribution in [0.15, 0.2) is 52.9 Å². The number of oxazole rings is 1. The van der Waals surface area contributed by atoms with Gasteiger partial charge in [0.25, 0.3) is 5.91 Å². The van der Waals surface area contributed by atoms with Gasteiger partial charge in [-0.25, -0.2) is 4.98 Å². The Morgan fingerprint density at radius 2 is 1.97 bits per heavy atom. The fourth-order valence-electron chi connectivity index (χ4n) is 3.82. The van der Waals surface area contributed by atoms with Gasteiger partial charge in [0, 0.05) is 38.0 Å². The van der Waals surface area contributed by atoms with E-state index < -0.39 is 0 Å². The zero-order valence-electron chi connectivity index (χ0n) is 17.1. The van der Waals surface area contributed by atoms with Gasteiger partial charge in [-0.05, 0) is 49.4 Å². The van der Waals surface area contributed by atoms with Crippen LogP contribution >= 0.6 is 0 Å². The minimum absolute atomic E-state index is 0.157. The maximum absolute atomic E-state index is 12.5. The molecule has 156 valence electrons. The summed E-state index contributed by atoms with van der Waals surface area (Å²) in [6, 6.07) is 15.7. The van der Waals surface area contributed by atoms with Crippen molar-refractivity contribution < 1.29 is 14.0 Å². The highest BCUT2D eigenvalue weighted by molar-refractivity contribution is 5.97.